The fourth-order valence-electron chi connectivity index (χ4n) is 2.42. The van der Waals surface area contributed by atoms with Crippen LogP contribution >= 0.6 is 34.7 Å². The number of thioether (sulfide) groups is 1. The Morgan fingerprint density at radius 2 is 2.04 bits per heavy atom. The van der Waals surface area contributed by atoms with Crippen LogP contribution in [0.5, 0.6) is 5.75 Å². The highest BCUT2D eigenvalue weighted by Gasteiger charge is 2.13. The Morgan fingerprint density at radius 1 is 1.25 bits per heavy atom. The number of hydrogen-bond donors (Lipinski definition) is 0. The van der Waals surface area contributed by atoms with Crippen LogP contribution in [0, 0.1) is 6.92 Å². The van der Waals surface area contributed by atoms with Gasteiger partial charge in [-0.15, -0.1) is 10.2 Å². The van der Waals surface area contributed by atoms with Gasteiger partial charge in [0.2, 0.25) is 4.96 Å². The Bertz CT molecular complexity index is 1180. The molecule has 11 heteroatoms. The zero-order valence-corrected chi connectivity index (χ0v) is 17.4. The molecule has 0 aliphatic rings. The summed E-state index contributed by atoms with van der Waals surface area (Å²) in [6.07, 6.45) is 0. The van der Waals surface area contributed by atoms with E-state index in [0.29, 0.717) is 39.6 Å². The Balaban J connectivity index is 1.42. The van der Waals surface area contributed by atoms with Crippen molar-refractivity contribution in [3.05, 3.63) is 62.2 Å². The molecule has 8 nitrogen and oxygen atoms in total. The molecule has 144 valence electrons. The van der Waals surface area contributed by atoms with Crippen molar-refractivity contribution in [3.63, 3.8) is 0 Å². The fraction of sp³-hybridized carbons (Fsp3) is 0.235. The molecule has 0 saturated carbocycles. The van der Waals surface area contributed by atoms with E-state index in [0.717, 1.165) is 10.2 Å². The van der Waals surface area contributed by atoms with E-state index < -0.39 is 0 Å². The van der Waals surface area contributed by atoms with E-state index in [4.69, 9.17) is 16.3 Å². The van der Waals surface area contributed by atoms with Crippen LogP contribution in [0.25, 0.3) is 4.96 Å². The van der Waals surface area contributed by atoms with Crippen LogP contribution in [0.2, 0.25) is 5.02 Å². The van der Waals surface area contributed by atoms with E-state index in [2.05, 4.69) is 20.3 Å². The van der Waals surface area contributed by atoms with Crippen molar-refractivity contribution < 1.29 is 4.74 Å². The maximum absolute atomic E-state index is 12.0. The average Bonchev–Trinajstić information content (AvgIpc) is 3.23. The van der Waals surface area contributed by atoms with Crippen molar-refractivity contribution in [2.45, 2.75) is 24.4 Å². The number of nitrogens with zero attached hydrogens (tertiary/aromatic N) is 6. The van der Waals surface area contributed by atoms with Gasteiger partial charge >= 0.3 is 0 Å². The van der Waals surface area contributed by atoms with Crippen molar-refractivity contribution in [1.82, 2.24) is 29.4 Å². The van der Waals surface area contributed by atoms with E-state index in [1.165, 1.54) is 33.7 Å². The van der Waals surface area contributed by atoms with Crippen LogP contribution < -0.4 is 10.3 Å². The summed E-state index contributed by atoms with van der Waals surface area (Å²) >= 11 is 8.76. The van der Waals surface area contributed by atoms with Gasteiger partial charge in [-0.2, -0.15) is 9.61 Å². The third-order valence-electron chi connectivity index (χ3n) is 3.85. The molecule has 0 radical (unpaired) electrons. The Kier molecular flexibility index (Phi) is 5.33. The molecule has 0 aliphatic heterocycles. The topological polar surface area (TPSA) is 87.2 Å². The molecule has 0 N–H and O–H groups in total. The second-order valence-electron chi connectivity index (χ2n) is 5.92. The molecule has 0 amide bonds. The zero-order chi connectivity index (χ0) is 19.7. The zero-order valence-electron chi connectivity index (χ0n) is 15.0. The van der Waals surface area contributed by atoms with Crippen molar-refractivity contribution >= 4 is 39.7 Å². The number of ether oxygens (including phenoxy) is 1. The van der Waals surface area contributed by atoms with Gasteiger partial charge in [-0.3, -0.25) is 4.79 Å². The van der Waals surface area contributed by atoms with Crippen molar-refractivity contribution in [3.8, 4) is 5.75 Å². The fourth-order valence-corrected chi connectivity index (χ4v) is 4.41. The quantitative estimate of drug-likeness (QED) is 0.431. The van der Waals surface area contributed by atoms with Crippen LogP contribution in [0.4, 0.5) is 0 Å². The van der Waals surface area contributed by atoms with Gasteiger partial charge in [-0.25, -0.2) is 4.98 Å². The Labute approximate surface area is 173 Å². The molecule has 4 rings (SSSR count). The smallest absolute Gasteiger partial charge is 0.275 e. The second-order valence-corrected chi connectivity index (χ2v) is 8.33. The highest BCUT2D eigenvalue weighted by molar-refractivity contribution is 7.98. The van der Waals surface area contributed by atoms with Crippen LogP contribution in [0.3, 0.4) is 0 Å². The molecule has 0 bridgehead atoms. The molecule has 3 aromatic heterocycles. The number of rotatable bonds is 6. The van der Waals surface area contributed by atoms with Gasteiger partial charge in [0.25, 0.3) is 5.56 Å². The van der Waals surface area contributed by atoms with E-state index >= 15 is 0 Å². The van der Waals surface area contributed by atoms with Gasteiger partial charge in [0.1, 0.15) is 17.4 Å². The van der Waals surface area contributed by atoms with Gasteiger partial charge in [-0.1, -0.05) is 34.7 Å². The largest absolute Gasteiger partial charge is 0.486 e. The number of aromatic nitrogens is 6. The Morgan fingerprint density at radius 3 is 2.82 bits per heavy atom. The number of benzene rings is 1. The van der Waals surface area contributed by atoms with Gasteiger partial charge in [0.15, 0.2) is 11.0 Å². The summed E-state index contributed by atoms with van der Waals surface area (Å²) in [5.41, 5.74) is 0.516. The van der Waals surface area contributed by atoms with Gasteiger partial charge < -0.3 is 9.30 Å². The molecule has 28 heavy (non-hydrogen) atoms. The molecular formula is C17H15ClN6O2S2. The molecule has 3 heterocycles. The van der Waals surface area contributed by atoms with Gasteiger partial charge in [0, 0.05) is 23.8 Å². The first-order chi connectivity index (χ1) is 13.5. The van der Waals surface area contributed by atoms with Crippen LogP contribution in [0.1, 0.15) is 16.5 Å². The molecule has 0 atom stereocenters. The number of fused-ring (bicyclic) bond motifs is 1. The summed E-state index contributed by atoms with van der Waals surface area (Å²) in [6.45, 7) is 2.09. The van der Waals surface area contributed by atoms with Crippen LogP contribution in [-0.2, 0) is 19.4 Å². The lowest BCUT2D eigenvalue weighted by molar-refractivity contribution is 0.290. The van der Waals surface area contributed by atoms with Crippen LogP contribution in [-0.4, -0.2) is 29.4 Å². The SMILES string of the molecule is Cc1cc(=O)n2nc(CSc3nnc(COc4ccc(Cl)cc4)n3C)sc2n1. The lowest BCUT2D eigenvalue weighted by atomic mass is 10.3. The predicted octanol–water partition coefficient (Wildman–Crippen LogP) is 3.11. The van der Waals surface area contributed by atoms with E-state index in [-0.39, 0.29) is 5.56 Å². The summed E-state index contributed by atoms with van der Waals surface area (Å²) in [7, 11) is 1.89. The van der Waals surface area contributed by atoms with Gasteiger partial charge in [-0.05, 0) is 31.2 Å². The van der Waals surface area contributed by atoms with E-state index in [1.54, 1.807) is 31.2 Å². The summed E-state index contributed by atoms with van der Waals surface area (Å²) in [6, 6.07) is 8.63. The summed E-state index contributed by atoms with van der Waals surface area (Å²) in [4.78, 5) is 16.9. The first-order valence-electron chi connectivity index (χ1n) is 8.25. The van der Waals surface area contributed by atoms with Gasteiger partial charge in [0.05, 0.1) is 5.75 Å². The minimum absolute atomic E-state index is 0.171. The molecule has 0 spiro atoms. The first kappa shape index (κ1) is 18.9. The highest BCUT2D eigenvalue weighted by Crippen LogP contribution is 2.24. The second kappa shape index (κ2) is 7.90. The highest BCUT2D eigenvalue weighted by atomic mass is 35.5. The monoisotopic (exact) mass is 434 g/mol. The minimum Gasteiger partial charge on any atom is -0.486 e. The predicted molar refractivity (Wildman–Crippen MR) is 108 cm³/mol. The van der Waals surface area contributed by atoms with Crippen LogP contribution in [0.15, 0.2) is 40.3 Å². The first-order valence-corrected chi connectivity index (χ1v) is 10.4. The maximum atomic E-state index is 12.0. The number of hydrogen-bond acceptors (Lipinski definition) is 8. The third kappa shape index (κ3) is 4.03. The van der Waals surface area contributed by atoms with E-state index in [1.807, 2.05) is 11.6 Å². The molecule has 0 aliphatic carbocycles. The third-order valence-corrected chi connectivity index (χ3v) is 6.22. The average molecular weight is 435 g/mol. The Hall–Kier alpha value is -2.43. The van der Waals surface area contributed by atoms with Crippen molar-refractivity contribution in [2.75, 3.05) is 0 Å². The molecule has 0 fully saturated rings. The standard InChI is InChI=1S/C17H15ClN6O2S2/c1-10-7-15(25)24-16(19-10)28-14(22-24)9-27-17-21-20-13(23(17)2)8-26-12-5-3-11(18)4-6-12/h3-7H,8-9H2,1-2H3. The van der Waals surface area contributed by atoms with Crippen molar-refractivity contribution in [2.24, 2.45) is 7.05 Å². The summed E-state index contributed by atoms with van der Waals surface area (Å²) in [5.74, 6) is 1.98. The summed E-state index contributed by atoms with van der Waals surface area (Å²) < 4.78 is 8.93. The molecule has 0 unspecified atom stereocenters. The molecule has 4 aromatic rings. The minimum atomic E-state index is -0.171. The normalized spacial score (nSPS) is 11.2. The molecule has 0 saturated heterocycles. The lowest BCUT2D eigenvalue weighted by Gasteiger charge is -2.06. The maximum Gasteiger partial charge on any atom is 0.275 e. The summed E-state index contributed by atoms with van der Waals surface area (Å²) in [5, 5.41) is 14.9. The van der Waals surface area contributed by atoms with Crippen molar-refractivity contribution in [1.29, 1.82) is 0 Å². The molecule has 1 aromatic carbocycles. The van der Waals surface area contributed by atoms with E-state index in [9.17, 15) is 4.79 Å². The number of aryl methyl sites for hydroxylation is 1. The molecular weight excluding hydrogens is 420 g/mol. The lowest BCUT2D eigenvalue weighted by Crippen LogP contribution is -2.14. The number of halogens is 1.